The fourth-order valence-electron chi connectivity index (χ4n) is 2.23. The van der Waals surface area contributed by atoms with Crippen LogP contribution in [0.4, 0.5) is 0 Å². The lowest BCUT2D eigenvalue weighted by Gasteiger charge is -2.16. The van der Waals surface area contributed by atoms with E-state index in [4.69, 9.17) is 5.73 Å². The van der Waals surface area contributed by atoms with Crippen LogP contribution >= 0.6 is 15.9 Å². The molecule has 0 spiro atoms. The van der Waals surface area contributed by atoms with Crippen molar-refractivity contribution in [2.75, 3.05) is 0 Å². The predicted octanol–water partition coefficient (Wildman–Crippen LogP) is 3.53. The van der Waals surface area contributed by atoms with Crippen molar-refractivity contribution in [1.82, 2.24) is 9.78 Å². The summed E-state index contributed by atoms with van der Waals surface area (Å²) in [7, 11) is 0. The molecule has 0 aromatic carbocycles. The number of nitrogens with zero attached hydrogens (tertiary/aromatic N) is 2. The monoisotopic (exact) mass is 315 g/mol. The molecule has 1 aromatic heterocycles. The van der Waals surface area contributed by atoms with Crippen LogP contribution in [0.1, 0.15) is 51.9 Å². The van der Waals surface area contributed by atoms with E-state index >= 15 is 0 Å². The molecule has 2 atom stereocenters. The normalized spacial score (nSPS) is 14.8. The highest BCUT2D eigenvalue weighted by Gasteiger charge is 2.17. The molecular formula is C14H26BrN3. The van der Waals surface area contributed by atoms with Gasteiger partial charge in [0.05, 0.1) is 15.9 Å². The van der Waals surface area contributed by atoms with Gasteiger partial charge in [0.1, 0.15) is 0 Å². The topological polar surface area (TPSA) is 43.8 Å². The molecule has 18 heavy (non-hydrogen) atoms. The summed E-state index contributed by atoms with van der Waals surface area (Å²) in [5.74, 6) is 0.697. The summed E-state index contributed by atoms with van der Waals surface area (Å²) in [5.41, 5.74) is 8.66. The first-order valence-corrected chi connectivity index (χ1v) is 7.82. The zero-order valence-corrected chi connectivity index (χ0v) is 13.6. The highest BCUT2D eigenvalue weighted by atomic mass is 79.9. The van der Waals surface area contributed by atoms with Gasteiger partial charge < -0.3 is 5.73 Å². The van der Waals surface area contributed by atoms with Crippen molar-refractivity contribution in [2.24, 2.45) is 11.7 Å². The van der Waals surface area contributed by atoms with Crippen molar-refractivity contribution in [3.63, 3.8) is 0 Å². The van der Waals surface area contributed by atoms with Crippen molar-refractivity contribution in [3.8, 4) is 0 Å². The first kappa shape index (κ1) is 15.7. The van der Waals surface area contributed by atoms with Crippen molar-refractivity contribution in [1.29, 1.82) is 0 Å². The van der Waals surface area contributed by atoms with Crippen molar-refractivity contribution in [3.05, 3.63) is 15.9 Å². The fourth-order valence-corrected chi connectivity index (χ4v) is 2.95. The number of nitrogens with two attached hydrogens (primary N) is 1. The lowest BCUT2D eigenvalue weighted by Crippen LogP contribution is -2.26. The maximum atomic E-state index is 6.26. The number of aromatic nitrogens is 2. The van der Waals surface area contributed by atoms with Gasteiger partial charge in [-0.15, -0.1) is 0 Å². The van der Waals surface area contributed by atoms with Crippen LogP contribution in [0, 0.1) is 5.92 Å². The number of hydrogen-bond acceptors (Lipinski definition) is 2. The van der Waals surface area contributed by atoms with Crippen LogP contribution in [0.15, 0.2) is 4.47 Å². The Hall–Kier alpha value is -0.350. The molecule has 104 valence electrons. The van der Waals surface area contributed by atoms with Crippen LogP contribution in [-0.2, 0) is 19.4 Å². The van der Waals surface area contributed by atoms with Gasteiger partial charge in [-0.05, 0) is 41.6 Å². The summed E-state index contributed by atoms with van der Waals surface area (Å²) < 4.78 is 3.24. The maximum absolute atomic E-state index is 6.26. The van der Waals surface area contributed by atoms with Crippen LogP contribution in [0.5, 0.6) is 0 Å². The van der Waals surface area contributed by atoms with E-state index in [1.807, 2.05) is 0 Å². The molecule has 0 aliphatic carbocycles. The summed E-state index contributed by atoms with van der Waals surface area (Å²) in [6.07, 6.45) is 4.15. The standard InChI is InChI=1S/C14H26BrN3/c1-5-10(4)8-11(16)9-13-14(15)12(6-2)17-18(13)7-3/h10-11H,5-9,16H2,1-4H3. The van der Waals surface area contributed by atoms with E-state index in [1.54, 1.807) is 0 Å². The first-order valence-electron chi connectivity index (χ1n) is 7.02. The quantitative estimate of drug-likeness (QED) is 0.836. The van der Waals surface area contributed by atoms with Crippen molar-refractivity contribution < 1.29 is 0 Å². The molecule has 4 heteroatoms. The second-order valence-electron chi connectivity index (χ2n) is 5.09. The third-order valence-electron chi connectivity index (χ3n) is 3.55. The van der Waals surface area contributed by atoms with Gasteiger partial charge in [-0.25, -0.2) is 0 Å². The molecule has 0 radical (unpaired) electrons. The summed E-state index contributed by atoms with van der Waals surface area (Å²) in [6, 6.07) is 0.225. The van der Waals surface area contributed by atoms with Gasteiger partial charge in [0, 0.05) is 19.0 Å². The van der Waals surface area contributed by atoms with Crippen LogP contribution in [-0.4, -0.2) is 15.8 Å². The molecular weight excluding hydrogens is 290 g/mol. The fraction of sp³-hybridized carbons (Fsp3) is 0.786. The third kappa shape index (κ3) is 3.82. The summed E-state index contributed by atoms with van der Waals surface area (Å²) in [5, 5.41) is 4.61. The molecule has 1 aromatic rings. The van der Waals surface area contributed by atoms with Crippen molar-refractivity contribution >= 4 is 15.9 Å². The van der Waals surface area contributed by atoms with E-state index in [2.05, 4.69) is 53.4 Å². The summed E-state index contributed by atoms with van der Waals surface area (Å²) >= 11 is 3.68. The van der Waals surface area contributed by atoms with Gasteiger partial charge in [0.15, 0.2) is 0 Å². The average molecular weight is 316 g/mol. The van der Waals surface area contributed by atoms with Gasteiger partial charge >= 0.3 is 0 Å². The van der Waals surface area contributed by atoms with Gasteiger partial charge in [-0.3, -0.25) is 4.68 Å². The molecule has 1 heterocycles. The molecule has 0 amide bonds. The molecule has 0 bridgehead atoms. The zero-order valence-electron chi connectivity index (χ0n) is 12.0. The minimum Gasteiger partial charge on any atom is -0.327 e. The lowest BCUT2D eigenvalue weighted by atomic mass is 9.97. The van der Waals surface area contributed by atoms with E-state index in [9.17, 15) is 0 Å². The highest BCUT2D eigenvalue weighted by Crippen LogP contribution is 2.24. The van der Waals surface area contributed by atoms with Crippen LogP contribution in [0.25, 0.3) is 0 Å². The van der Waals surface area contributed by atoms with Crippen LogP contribution in [0.3, 0.4) is 0 Å². The molecule has 2 unspecified atom stereocenters. The number of rotatable bonds is 7. The van der Waals surface area contributed by atoms with Crippen LogP contribution in [0.2, 0.25) is 0 Å². The largest absolute Gasteiger partial charge is 0.327 e. The zero-order chi connectivity index (χ0) is 13.7. The molecule has 1 rings (SSSR count). The Morgan fingerprint density at radius 1 is 1.33 bits per heavy atom. The second-order valence-corrected chi connectivity index (χ2v) is 5.88. The molecule has 0 aliphatic rings. The van der Waals surface area contributed by atoms with E-state index in [-0.39, 0.29) is 6.04 Å². The third-order valence-corrected chi connectivity index (χ3v) is 4.47. The van der Waals surface area contributed by atoms with E-state index in [0.717, 1.165) is 36.0 Å². The Balaban J connectivity index is 2.79. The summed E-state index contributed by atoms with van der Waals surface area (Å²) in [4.78, 5) is 0. The molecule has 3 nitrogen and oxygen atoms in total. The Morgan fingerprint density at radius 3 is 2.50 bits per heavy atom. The van der Waals surface area contributed by atoms with Gasteiger partial charge in [0.2, 0.25) is 0 Å². The van der Waals surface area contributed by atoms with Gasteiger partial charge in [-0.2, -0.15) is 5.10 Å². The number of hydrogen-bond donors (Lipinski definition) is 1. The Bertz CT molecular complexity index is 373. The lowest BCUT2D eigenvalue weighted by molar-refractivity contribution is 0.441. The van der Waals surface area contributed by atoms with Crippen molar-refractivity contribution in [2.45, 2.75) is 66.0 Å². The van der Waals surface area contributed by atoms with E-state index in [1.165, 1.54) is 12.1 Å². The Morgan fingerprint density at radius 2 is 2.00 bits per heavy atom. The maximum Gasteiger partial charge on any atom is 0.0766 e. The molecule has 2 N–H and O–H groups in total. The minimum absolute atomic E-state index is 0.225. The summed E-state index contributed by atoms with van der Waals surface area (Å²) in [6.45, 7) is 9.66. The van der Waals surface area contributed by atoms with Gasteiger partial charge in [-0.1, -0.05) is 27.2 Å². The van der Waals surface area contributed by atoms with E-state index < -0.39 is 0 Å². The number of halogens is 1. The molecule has 0 saturated heterocycles. The van der Waals surface area contributed by atoms with Crippen LogP contribution < -0.4 is 5.73 Å². The first-order chi connectivity index (χ1) is 8.53. The minimum atomic E-state index is 0.225. The van der Waals surface area contributed by atoms with E-state index in [0.29, 0.717) is 5.92 Å². The Labute approximate surface area is 119 Å². The predicted molar refractivity (Wildman–Crippen MR) is 80.7 cm³/mol. The highest BCUT2D eigenvalue weighted by molar-refractivity contribution is 9.10. The Kier molecular flexibility index (Phi) is 6.36. The molecule has 0 fully saturated rings. The number of aryl methyl sites for hydroxylation is 2. The molecule has 0 saturated carbocycles. The SMILES string of the molecule is CCc1nn(CC)c(CC(N)CC(C)CC)c1Br. The smallest absolute Gasteiger partial charge is 0.0766 e. The van der Waals surface area contributed by atoms with Gasteiger partial charge in [0.25, 0.3) is 0 Å². The molecule has 0 aliphatic heterocycles. The second kappa shape index (κ2) is 7.29. The average Bonchev–Trinajstić information content (AvgIpc) is 2.66.